The van der Waals surface area contributed by atoms with Gasteiger partial charge in [-0.05, 0) is 36.8 Å². The molecule has 0 aliphatic heterocycles. The molecule has 0 fully saturated rings. The van der Waals surface area contributed by atoms with Gasteiger partial charge in [-0.15, -0.1) is 11.3 Å². The molecule has 4 aromatic rings. The number of thiazole rings is 1. The first-order chi connectivity index (χ1) is 14.6. The summed E-state index contributed by atoms with van der Waals surface area (Å²) in [6, 6.07) is 14.4. The molecule has 2 N–H and O–H groups in total. The fourth-order valence-electron chi connectivity index (χ4n) is 2.84. The SMILES string of the molecule is Cc1nc(-c2ccc(Nc3nc(NCc4cccnc4)ccc3[N+](=O)[O-])cc2)cs1. The van der Waals surface area contributed by atoms with Crippen LogP contribution in [0.25, 0.3) is 11.3 Å². The Kier molecular flexibility index (Phi) is 5.62. The second-order valence-electron chi connectivity index (χ2n) is 6.49. The quantitative estimate of drug-likeness (QED) is 0.315. The lowest BCUT2D eigenvalue weighted by Gasteiger charge is -2.10. The highest BCUT2D eigenvalue weighted by molar-refractivity contribution is 7.09. The molecule has 0 saturated heterocycles. The van der Waals surface area contributed by atoms with Gasteiger partial charge in [-0.25, -0.2) is 9.97 Å². The summed E-state index contributed by atoms with van der Waals surface area (Å²) >= 11 is 1.59. The molecule has 0 aliphatic rings. The summed E-state index contributed by atoms with van der Waals surface area (Å²) in [6.45, 7) is 2.48. The van der Waals surface area contributed by atoms with Crippen LogP contribution in [-0.2, 0) is 6.54 Å². The predicted molar refractivity (Wildman–Crippen MR) is 118 cm³/mol. The van der Waals surface area contributed by atoms with Crippen LogP contribution in [0, 0.1) is 17.0 Å². The summed E-state index contributed by atoms with van der Waals surface area (Å²) in [6.07, 6.45) is 3.46. The Morgan fingerprint density at radius 2 is 1.93 bits per heavy atom. The van der Waals surface area contributed by atoms with Crippen molar-refractivity contribution in [1.29, 1.82) is 0 Å². The summed E-state index contributed by atoms with van der Waals surface area (Å²) in [4.78, 5) is 23.9. The van der Waals surface area contributed by atoms with E-state index in [0.717, 1.165) is 21.8 Å². The van der Waals surface area contributed by atoms with E-state index in [1.54, 1.807) is 29.8 Å². The lowest BCUT2D eigenvalue weighted by Crippen LogP contribution is -2.05. The van der Waals surface area contributed by atoms with Crippen LogP contribution in [0.1, 0.15) is 10.6 Å². The molecule has 0 unspecified atom stereocenters. The number of rotatable bonds is 7. The lowest BCUT2D eigenvalue weighted by atomic mass is 10.1. The summed E-state index contributed by atoms with van der Waals surface area (Å²) in [5.41, 5.74) is 3.49. The van der Waals surface area contributed by atoms with Gasteiger partial charge in [0.05, 0.1) is 15.6 Å². The van der Waals surface area contributed by atoms with E-state index < -0.39 is 4.92 Å². The fourth-order valence-corrected chi connectivity index (χ4v) is 3.46. The fraction of sp³-hybridized carbons (Fsp3) is 0.0952. The number of aromatic nitrogens is 3. The van der Waals surface area contributed by atoms with Gasteiger partial charge < -0.3 is 10.6 Å². The standard InChI is InChI=1S/C21H18N6O2S/c1-14-24-18(13-30-14)16-4-6-17(7-5-16)25-21-19(27(28)29)8-9-20(26-21)23-12-15-3-2-10-22-11-15/h2-11,13H,12H2,1H3,(H2,23,25,26). The number of anilines is 3. The Hall–Kier alpha value is -3.85. The predicted octanol–water partition coefficient (Wildman–Crippen LogP) is 5.17. The first-order valence-corrected chi connectivity index (χ1v) is 10.0. The number of nitro groups is 1. The van der Waals surface area contributed by atoms with E-state index in [4.69, 9.17) is 0 Å². The number of nitrogens with zero attached hydrogens (tertiary/aromatic N) is 4. The minimum absolute atomic E-state index is 0.0962. The molecule has 3 heterocycles. The van der Waals surface area contributed by atoms with Crippen LogP contribution >= 0.6 is 11.3 Å². The number of hydrogen-bond acceptors (Lipinski definition) is 8. The van der Waals surface area contributed by atoms with Gasteiger partial charge in [-0.1, -0.05) is 18.2 Å². The molecule has 1 aromatic carbocycles. The molecule has 0 radical (unpaired) electrons. The Labute approximate surface area is 176 Å². The third-order valence-corrected chi connectivity index (χ3v) is 5.10. The molecule has 0 aliphatic carbocycles. The van der Waals surface area contributed by atoms with Crippen LogP contribution < -0.4 is 10.6 Å². The van der Waals surface area contributed by atoms with Crippen LogP contribution in [0.5, 0.6) is 0 Å². The molecule has 8 nitrogen and oxygen atoms in total. The van der Waals surface area contributed by atoms with Crippen LogP contribution in [0.4, 0.5) is 23.0 Å². The van der Waals surface area contributed by atoms with Crippen molar-refractivity contribution >= 4 is 34.3 Å². The highest BCUT2D eigenvalue weighted by Crippen LogP contribution is 2.29. The van der Waals surface area contributed by atoms with Crippen molar-refractivity contribution in [3.05, 3.63) is 87.0 Å². The van der Waals surface area contributed by atoms with Gasteiger partial charge in [0.1, 0.15) is 5.82 Å². The zero-order valence-corrected chi connectivity index (χ0v) is 16.9. The molecular formula is C21H18N6O2S. The van der Waals surface area contributed by atoms with Gasteiger partial charge >= 0.3 is 5.69 Å². The Morgan fingerprint density at radius 1 is 1.10 bits per heavy atom. The van der Waals surface area contributed by atoms with Crippen molar-refractivity contribution in [1.82, 2.24) is 15.0 Å². The van der Waals surface area contributed by atoms with Crippen LogP contribution in [0.2, 0.25) is 0 Å². The second-order valence-corrected chi connectivity index (χ2v) is 7.55. The lowest BCUT2D eigenvalue weighted by molar-refractivity contribution is -0.384. The van der Waals surface area contributed by atoms with Crippen LogP contribution in [0.3, 0.4) is 0 Å². The molecule has 30 heavy (non-hydrogen) atoms. The number of benzene rings is 1. The summed E-state index contributed by atoms with van der Waals surface area (Å²) in [5.74, 6) is 0.704. The number of pyridine rings is 2. The highest BCUT2D eigenvalue weighted by atomic mass is 32.1. The van der Waals surface area contributed by atoms with E-state index in [1.165, 1.54) is 6.07 Å². The van der Waals surface area contributed by atoms with E-state index in [0.29, 0.717) is 18.1 Å². The van der Waals surface area contributed by atoms with Gasteiger partial charge in [-0.3, -0.25) is 15.1 Å². The third-order valence-electron chi connectivity index (χ3n) is 4.33. The molecular weight excluding hydrogens is 400 g/mol. The zero-order chi connectivity index (χ0) is 20.9. The molecule has 150 valence electrons. The number of aryl methyl sites for hydroxylation is 1. The normalized spacial score (nSPS) is 10.6. The van der Waals surface area contributed by atoms with Gasteiger partial charge in [0.2, 0.25) is 5.82 Å². The smallest absolute Gasteiger partial charge is 0.311 e. The second kappa shape index (κ2) is 8.66. The summed E-state index contributed by atoms with van der Waals surface area (Å²) in [7, 11) is 0. The molecule has 0 spiro atoms. The Morgan fingerprint density at radius 3 is 2.60 bits per heavy atom. The van der Waals surface area contributed by atoms with Gasteiger partial charge in [0, 0.05) is 41.6 Å². The van der Waals surface area contributed by atoms with E-state index in [-0.39, 0.29) is 11.5 Å². The zero-order valence-electron chi connectivity index (χ0n) is 16.1. The molecule has 3 aromatic heterocycles. The van der Waals surface area contributed by atoms with Crippen molar-refractivity contribution in [2.75, 3.05) is 10.6 Å². The maximum Gasteiger partial charge on any atom is 0.311 e. The third kappa shape index (κ3) is 4.58. The largest absolute Gasteiger partial charge is 0.366 e. The topological polar surface area (TPSA) is 106 Å². The first kappa shape index (κ1) is 19.5. The number of nitrogens with one attached hydrogen (secondary N) is 2. The van der Waals surface area contributed by atoms with Crippen molar-refractivity contribution in [2.45, 2.75) is 13.5 Å². The average Bonchev–Trinajstić information content (AvgIpc) is 3.20. The van der Waals surface area contributed by atoms with E-state index in [1.807, 2.05) is 48.7 Å². The van der Waals surface area contributed by atoms with Gasteiger partial charge in [0.25, 0.3) is 0 Å². The molecule has 0 atom stereocenters. The molecule has 9 heteroatoms. The highest BCUT2D eigenvalue weighted by Gasteiger charge is 2.16. The van der Waals surface area contributed by atoms with E-state index >= 15 is 0 Å². The maximum absolute atomic E-state index is 11.4. The van der Waals surface area contributed by atoms with E-state index in [9.17, 15) is 10.1 Å². The van der Waals surface area contributed by atoms with Crippen molar-refractivity contribution in [3.63, 3.8) is 0 Å². The average molecular weight is 418 g/mol. The van der Waals surface area contributed by atoms with Crippen LogP contribution in [0.15, 0.2) is 66.3 Å². The molecule has 0 amide bonds. The summed E-state index contributed by atoms with van der Waals surface area (Å²) in [5, 5.41) is 20.7. The van der Waals surface area contributed by atoms with Crippen LogP contribution in [-0.4, -0.2) is 19.9 Å². The van der Waals surface area contributed by atoms with Gasteiger partial charge in [0.15, 0.2) is 0 Å². The van der Waals surface area contributed by atoms with E-state index in [2.05, 4.69) is 25.6 Å². The van der Waals surface area contributed by atoms with Gasteiger partial charge in [-0.2, -0.15) is 0 Å². The monoisotopic (exact) mass is 418 g/mol. The minimum Gasteiger partial charge on any atom is -0.366 e. The van der Waals surface area contributed by atoms with Crippen molar-refractivity contribution < 1.29 is 4.92 Å². The Balaban J connectivity index is 1.53. The number of hydrogen-bond donors (Lipinski definition) is 2. The van der Waals surface area contributed by atoms with Crippen molar-refractivity contribution in [3.8, 4) is 11.3 Å². The van der Waals surface area contributed by atoms with Crippen molar-refractivity contribution in [2.24, 2.45) is 0 Å². The first-order valence-electron chi connectivity index (χ1n) is 9.16. The maximum atomic E-state index is 11.4. The summed E-state index contributed by atoms with van der Waals surface area (Å²) < 4.78 is 0. The minimum atomic E-state index is -0.452. The molecule has 0 bridgehead atoms. The molecule has 4 rings (SSSR count). The molecule has 0 saturated carbocycles. The Bertz CT molecular complexity index is 1160.